The standard InChI is InChI=1S/C12H17IN2O2S.ClH/c1-17-8-12(3-2-4-15-12)7-14-11(16)9-5-10(13)18-6-9;/h5-6,15H,2-4,7-8H2,1H3,(H,14,16);1H. The first-order chi connectivity index (χ1) is 8.65. The van der Waals surface area contributed by atoms with Crippen LogP contribution in [0.3, 0.4) is 0 Å². The molecular formula is C12H18ClIN2O2S. The summed E-state index contributed by atoms with van der Waals surface area (Å²) in [5.41, 5.74) is 0.656. The summed E-state index contributed by atoms with van der Waals surface area (Å²) in [5.74, 6) is -0.00153. The molecule has 1 aliphatic rings. The molecule has 1 aromatic heterocycles. The Kier molecular flexibility index (Phi) is 7.02. The molecule has 0 bridgehead atoms. The number of hydrogen-bond donors (Lipinski definition) is 2. The molecule has 19 heavy (non-hydrogen) atoms. The van der Waals surface area contributed by atoms with Crippen molar-refractivity contribution in [2.24, 2.45) is 0 Å². The Labute approximate surface area is 137 Å². The fourth-order valence-electron chi connectivity index (χ4n) is 2.25. The summed E-state index contributed by atoms with van der Waals surface area (Å²) in [4.78, 5) is 12.0. The average Bonchev–Trinajstić information content (AvgIpc) is 2.97. The minimum Gasteiger partial charge on any atom is -0.383 e. The van der Waals surface area contributed by atoms with Gasteiger partial charge in [-0.1, -0.05) is 0 Å². The molecule has 2 heterocycles. The normalized spacial score (nSPS) is 22.0. The molecule has 1 unspecified atom stereocenters. The molecule has 0 spiro atoms. The van der Waals surface area contributed by atoms with E-state index < -0.39 is 0 Å². The van der Waals surface area contributed by atoms with Gasteiger partial charge in [0.25, 0.3) is 5.91 Å². The number of ether oxygens (including phenoxy) is 1. The number of nitrogens with one attached hydrogen (secondary N) is 2. The van der Waals surface area contributed by atoms with Crippen molar-refractivity contribution in [1.82, 2.24) is 10.6 Å². The lowest BCUT2D eigenvalue weighted by Crippen LogP contribution is -2.52. The number of halogens is 2. The SMILES string of the molecule is COCC1(CNC(=O)c2csc(I)c2)CCCN1.Cl. The molecule has 0 saturated carbocycles. The van der Waals surface area contributed by atoms with Crippen LogP contribution in [0.2, 0.25) is 0 Å². The van der Waals surface area contributed by atoms with E-state index in [-0.39, 0.29) is 23.9 Å². The number of methoxy groups -OCH3 is 1. The van der Waals surface area contributed by atoms with Crippen molar-refractivity contribution in [3.05, 3.63) is 19.9 Å². The van der Waals surface area contributed by atoms with E-state index >= 15 is 0 Å². The lowest BCUT2D eigenvalue weighted by molar-refractivity contribution is 0.0892. The smallest absolute Gasteiger partial charge is 0.252 e. The maximum atomic E-state index is 12.0. The second-order valence-electron chi connectivity index (χ2n) is 4.57. The van der Waals surface area contributed by atoms with E-state index in [1.165, 1.54) is 0 Å². The summed E-state index contributed by atoms with van der Waals surface area (Å²) in [5, 5.41) is 8.34. The van der Waals surface area contributed by atoms with Crippen LogP contribution in [-0.4, -0.2) is 38.3 Å². The molecule has 2 rings (SSSR count). The highest BCUT2D eigenvalue weighted by molar-refractivity contribution is 14.1. The highest BCUT2D eigenvalue weighted by Gasteiger charge is 2.33. The zero-order valence-corrected chi connectivity index (χ0v) is 14.5. The molecule has 0 radical (unpaired) electrons. The van der Waals surface area contributed by atoms with Gasteiger partial charge >= 0.3 is 0 Å². The topological polar surface area (TPSA) is 50.4 Å². The van der Waals surface area contributed by atoms with Crippen LogP contribution in [0, 0.1) is 2.88 Å². The van der Waals surface area contributed by atoms with Crippen LogP contribution in [-0.2, 0) is 4.74 Å². The number of thiophene rings is 1. The Balaban J connectivity index is 0.00000180. The van der Waals surface area contributed by atoms with Gasteiger partial charge in [0.15, 0.2) is 0 Å². The van der Waals surface area contributed by atoms with Crippen LogP contribution in [0.5, 0.6) is 0 Å². The molecule has 7 heteroatoms. The first kappa shape index (κ1) is 17.2. The third-order valence-electron chi connectivity index (χ3n) is 3.17. The van der Waals surface area contributed by atoms with Crippen molar-refractivity contribution in [1.29, 1.82) is 0 Å². The predicted octanol–water partition coefficient (Wildman–Crippen LogP) is 2.27. The van der Waals surface area contributed by atoms with E-state index in [0.29, 0.717) is 13.2 Å². The number of amides is 1. The minimum absolute atomic E-state index is 0. The van der Waals surface area contributed by atoms with Crippen molar-refractivity contribution >= 4 is 52.2 Å². The molecule has 4 nitrogen and oxygen atoms in total. The summed E-state index contributed by atoms with van der Waals surface area (Å²) in [7, 11) is 1.70. The predicted molar refractivity (Wildman–Crippen MR) is 88.5 cm³/mol. The van der Waals surface area contributed by atoms with Gasteiger partial charge in [-0.2, -0.15) is 0 Å². The summed E-state index contributed by atoms with van der Waals surface area (Å²) >= 11 is 3.81. The van der Waals surface area contributed by atoms with Gasteiger partial charge in [-0.15, -0.1) is 23.7 Å². The van der Waals surface area contributed by atoms with Crippen molar-refractivity contribution in [3.8, 4) is 0 Å². The lowest BCUT2D eigenvalue weighted by atomic mass is 9.98. The summed E-state index contributed by atoms with van der Waals surface area (Å²) in [6, 6.07) is 1.91. The van der Waals surface area contributed by atoms with Crippen molar-refractivity contribution in [2.75, 3.05) is 26.8 Å². The first-order valence-corrected chi connectivity index (χ1v) is 7.87. The van der Waals surface area contributed by atoms with Crippen LogP contribution in [0.1, 0.15) is 23.2 Å². The Bertz CT molecular complexity index is 422. The number of carbonyl (C=O) groups excluding carboxylic acids is 1. The van der Waals surface area contributed by atoms with E-state index in [1.54, 1.807) is 18.4 Å². The summed E-state index contributed by atoms with van der Waals surface area (Å²) in [6.45, 7) is 2.25. The van der Waals surface area contributed by atoms with E-state index in [2.05, 4.69) is 33.2 Å². The minimum atomic E-state index is -0.0897. The third-order valence-corrected chi connectivity index (χ3v) is 4.96. The Morgan fingerprint density at radius 3 is 3.00 bits per heavy atom. The highest BCUT2D eigenvalue weighted by Crippen LogP contribution is 2.20. The molecule has 1 saturated heterocycles. The zero-order chi connectivity index (χ0) is 13.0. The maximum Gasteiger partial charge on any atom is 0.252 e. The van der Waals surface area contributed by atoms with E-state index in [4.69, 9.17) is 4.74 Å². The first-order valence-electron chi connectivity index (χ1n) is 5.91. The summed E-state index contributed by atoms with van der Waals surface area (Å²) in [6.07, 6.45) is 2.18. The second-order valence-corrected chi connectivity index (χ2v) is 7.37. The fourth-order valence-corrected chi connectivity index (χ4v) is 3.58. The van der Waals surface area contributed by atoms with E-state index in [9.17, 15) is 4.79 Å². The molecule has 1 aliphatic heterocycles. The van der Waals surface area contributed by atoms with Crippen LogP contribution >= 0.6 is 46.3 Å². The molecule has 108 valence electrons. The molecule has 1 fully saturated rings. The Hall–Kier alpha value is 0.110. The third kappa shape index (κ3) is 4.56. The van der Waals surface area contributed by atoms with Crippen molar-refractivity contribution < 1.29 is 9.53 Å². The van der Waals surface area contributed by atoms with Gasteiger partial charge in [0.2, 0.25) is 0 Å². The second kappa shape index (κ2) is 7.78. The van der Waals surface area contributed by atoms with Crippen LogP contribution in [0.4, 0.5) is 0 Å². The van der Waals surface area contributed by atoms with Gasteiger partial charge in [0.1, 0.15) is 0 Å². The maximum absolute atomic E-state index is 12.0. The van der Waals surface area contributed by atoms with Crippen molar-refractivity contribution in [3.63, 3.8) is 0 Å². The largest absolute Gasteiger partial charge is 0.383 e. The fraction of sp³-hybridized carbons (Fsp3) is 0.583. The Morgan fingerprint density at radius 1 is 1.68 bits per heavy atom. The number of rotatable bonds is 5. The molecular weight excluding hydrogens is 399 g/mol. The van der Waals surface area contributed by atoms with Gasteiger partial charge in [0.05, 0.1) is 20.6 Å². The van der Waals surface area contributed by atoms with Crippen LogP contribution in [0.15, 0.2) is 11.4 Å². The van der Waals surface area contributed by atoms with Crippen molar-refractivity contribution in [2.45, 2.75) is 18.4 Å². The van der Waals surface area contributed by atoms with Gasteiger partial charge in [-0.25, -0.2) is 0 Å². The van der Waals surface area contributed by atoms with E-state index in [0.717, 1.165) is 27.8 Å². The molecule has 1 aromatic rings. The van der Waals surface area contributed by atoms with Gasteiger partial charge in [-0.3, -0.25) is 4.79 Å². The number of carbonyl (C=O) groups is 1. The Morgan fingerprint density at radius 2 is 2.47 bits per heavy atom. The molecule has 0 aliphatic carbocycles. The van der Waals surface area contributed by atoms with Crippen LogP contribution < -0.4 is 10.6 Å². The summed E-state index contributed by atoms with van der Waals surface area (Å²) < 4.78 is 6.39. The number of hydrogen-bond acceptors (Lipinski definition) is 4. The van der Waals surface area contributed by atoms with Gasteiger partial charge in [-0.05, 0) is 48.0 Å². The molecule has 2 N–H and O–H groups in total. The van der Waals surface area contributed by atoms with Gasteiger partial charge in [0, 0.05) is 19.0 Å². The quantitative estimate of drug-likeness (QED) is 0.724. The monoisotopic (exact) mass is 416 g/mol. The molecule has 1 atom stereocenters. The zero-order valence-electron chi connectivity index (χ0n) is 10.7. The molecule has 0 aromatic carbocycles. The lowest BCUT2D eigenvalue weighted by Gasteiger charge is -2.28. The average molecular weight is 417 g/mol. The molecule has 1 amide bonds. The van der Waals surface area contributed by atoms with E-state index in [1.807, 2.05) is 11.4 Å². The van der Waals surface area contributed by atoms with Crippen LogP contribution in [0.25, 0.3) is 0 Å². The van der Waals surface area contributed by atoms with Gasteiger partial charge < -0.3 is 15.4 Å². The highest BCUT2D eigenvalue weighted by atomic mass is 127.